The van der Waals surface area contributed by atoms with Crippen LogP contribution in [0.4, 0.5) is 8.78 Å². The fourth-order valence-electron chi connectivity index (χ4n) is 1.84. The normalized spacial score (nSPS) is 14.1. The molecule has 0 spiro atoms. The summed E-state index contributed by atoms with van der Waals surface area (Å²) in [5.41, 5.74) is 0.793. The first kappa shape index (κ1) is 13.9. The zero-order valence-corrected chi connectivity index (χ0v) is 11.3. The van der Waals surface area contributed by atoms with Crippen LogP contribution in [-0.4, -0.2) is 4.21 Å². The third-order valence-electron chi connectivity index (χ3n) is 2.99. The highest BCUT2D eigenvalue weighted by Gasteiger charge is 2.18. The lowest BCUT2D eigenvalue weighted by atomic mass is 10.1. The van der Waals surface area contributed by atoms with E-state index in [0.29, 0.717) is 11.1 Å². The first-order chi connectivity index (χ1) is 9.09. The van der Waals surface area contributed by atoms with Gasteiger partial charge in [-0.25, -0.2) is 8.78 Å². The predicted molar refractivity (Wildman–Crippen MR) is 73.1 cm³/mol. The molecule has 0 saturated heterocycles. The molecule has 0 aliphatic carbocycles. The van der Waals surface area contributed by atoms with Gasteiger partial charge < -0.3 is 0 Å². The fourth-order valence-corrected chi connectivity index (χ4v) is 3.11. The first-order valence-corrected chi connectivity index (χ1v) is 7.33. The second-order valence-corrected chi connectivity index (χ2v) is 6.04. The van der Waals surface area contributed by atoms with Crippen molar-refractivity contribution in [3.05, 3.63) is 71.3 Å². The molecule has 19 heavy (non-hydrogen) atoms. The van der Waals surface area contributed by atoms with Crippen molar-refractivity contribution < 1.29 is 13.0 Å². The molecule has 0 aliphatic rings. The van der Waals surface area contributed by atoms with Crippen molar-refractivity contribution in [3.63, 3.8) is 0 Å². The summed E-state index contributed by atoms with van der Waals surface area (Å²) in [6, 6.07) is 12.5. The maximum atomic E-state index is 13.6. The lowest BCUT2D eigenvalue weighted by Crippen LogP contribution is -2.08. The Labute approximate surface area is 113 Å². The maximum Gasteiger partial charge on any atom is 0.127 e. The molecular weight excluding hydrogens is 266 g/mol. The van der Waals surface area contributed by atoms with Crippen LogP contribution in [0.5, 0.6) is 0 Å². The highest BCUT2D eigenvalue weighted by atomic mass is 32.2. The fraction of sp³-hybridized carbons (Fsp3) is 0.200. The molecule has 0 amide bonds. The average Bonchev–Trinajstić information content (AvgIpc) is 2.41. The van der Waals surface area contributed by atoms with E-state index in [1.165, 1.54) is 12.1 Å². The van der Waals surface area contributed by atoms with Gasteiger partial charge >= 0.3 is 0 Å². The van der Waals surface area contributed by atoms with E-state index in [1.807, 2.05) is 0 Å². The molecular formula is C15H14F2OS. The van der Waals surface area contributed by atoms with Gasteiger partial charge in [-0.2, -0.15) is 0 Å². The summed E-state index contributed by atoms with van der Waals surface area (Å²) in [4.78, 5) is 0. The molecule has 0 bridgehead atoms. The van der Waals surface area contributed by atoms with E-state index in [1.54, 1.807) is 43.3 Å². The summed E-state index contributed by atoms with van der Waals surface area (Å²) >= 11 is 0. The van der Waals surface area contributed by atoms with Crippen molar-refractivity contribution in [2.45, 2.75) is 17.9 Å². The van der Waals surface area contributed by atoms with Crippen LogP contribution in [0.15, 0.2) is 48.5 Å². The van der Waals surface area contributed by atoms with Gasteiger partial charge in [0.2, 0.25) is 0 Å². The molecule has 0 N–H and O–H groups in total. The SMILES string of the molecule is C[C@H](c1ccccc1F)[S@](=O)Cc1ccccc1F. The molecule has 2 aromatic carbocycles. The largest absolute Gasteiger partial charge is 0.259 e. The van der Waals surface area contributed by atoms with Gasteiger partial charge in [0.05, 0.1) is 11.0 Å². The Morgan fingerprint density at radius 3 is 2.21 bits per heavy atom. The van der Waals surface area contributed by atoms with Gasteiger partial charge in [0, 0.05) is 21.9 Å². The van der Waals surface area contributed by atoms with Gasteiger partial charge in [0.25, 0.3) is 0 Å². The van der Waals surface area contributed by atoms with Gasteiger partial charge in [0.15, 0.2) is 0 Å². The number of benzene rings is 2. The lowest BCUT2D eigenvalue weighted by Gasteiger charge is -2.13. The van der Waals surface area contributed by atoms with Gasteiger partial charge in [-0.05, 0) is 19.1 Å². The highest BCUT2D eigenvalue weighted by Crippen LogP contribution is 2.24. The minimum absolute atomic E-state index is 0.0855. The van der Waals surface area contributed by atoms with Gasteiger partial charge in [-0.15, -0.1) is 0 Å². The van der Waals surface area contributed by atoms with Gasteiger partial charge in [-0.3, -0.25) is 4.21 Å². The Hall–Kier alpha value is -1.55. The Balaban J connectivity index is 2.17. The quantitative estimate of drug-likeness (QED) is 0.828. The zero-order valence-electron chi connectivity index (χ0n) is 10.5. The maximum absolute atomic E-state index is 13.6. The van der Waals surface area contributed by atoms with Gasteiger partial charge in [0.1, 0.15) is 11.6 Å². The molecule has 0 saturated carbocycles. The predicted octanol–water partition coefficient (Wildman–Crippen LogP) is 3.97. The third-order valence-corrected chi connectivity index (χ3v) is 4.63. The minimum atomic E-state index is -1.37. The van der Waals surface area contributed by atoms with Gasteiger partial charge in [-0.1, -0.05) is 36.4 Å². The molecule has 2 rings (SSSR count). The van der Waals surface area contributed by atoms with Crippen LogP contribution in [0, 0.1) is 11.6 Å². The number of hydrogen-bond donors (Lipinski definition) is 0. The van der Waals surface area contributed by atoms with Crippen molar-refractivity contribution in [2.75, 3.05) is 0 Å². The van der Waals surface area contributed by atoms with Crippen LogP contribution in [0.3, 0.4) is 0 Å². The third kappa shape index (κ3) is 3.26. The van der Waals surface area contributed by atoms with Crippen LogP contribution >= 0.6 is 0 Å². The molecule has 2 atom stereocenters. The molecule has 100 valence electrons. The zero-order chi connectivity index (χ0) is 13.8. The topological polar surface area (TPSA) is 17.1 Å². The molecule has 4 heteroatoms. The van der Waals surface area contributed by atoms with E-state index in [4.69, 9.17) is 0 Å². The molecule has 1 nitrogen and oxygen atoms in total. The summed E-state index contributed by atoms with van der Waals surface area (Å²) in [5, 5.41) is -0.471. The molecule has 0 heterocycles. The summed E-state index contributed by atoms with van der Waals surface area (Å²) in [7, 11) is -1.37. The van der Waals surface area contributed by atoms with Crippen LogP contribution in [0.25, 0.3) is 0 Å². The van der Waals surface area contributed by atoms with Crippen molar-refractivity contribution >= 4 is 10.8 Å². The summed E-state index contributed by atoms with van der Waals surface area (Å²) in [5.74, 6) is -0.671. The Morgan fingerprint density at radius 1 is 1.00 bits per heavy atom. The molecule has 0 unspecified atom stereocenters. The van der Waals surface area contributed by atoms with Crippen molar-refractivity contribution in [1.82, 2.24) is 0 Å². The molecule has 0 aliphatic heterocycles. The van der Waals surface area contributed by atoms with E-state index in [0.717, 1.165) is 0 Å². The molecule has 0 aromatic heterocycles. The van der Waals surface area contributed by atoms with Crippen LogP contribution in [0.1, 0.15) is 23.3 Å². The van der Waals surface area contributed by atoms with Crippen LogP contribution in [0.2, 0.25) is 0 Å². The molecule has 0 fully saturated rings. The summed E-state index contributed by atoms with van der Waals surface area (Å²) < 4.78 is 39.3. The Morgan fingerprint density at radius 2 is 1.58 bits per heavy atom. The van der Waals surface area contributed by atoms with Crippen LogP contribution in [-0.2, 0) is 16.6 Å². The van der Waals surface area contributed by atoms with Crippen molar-refractivity contribution in [3.8, 4) is 0 Å². The van der Waals surface area contributed by atoms with E-state index in [2.05, 4.69) is 0 Å². The summed E-state index contributed by atoms with van der Waals surface area (Å²) in [6.07, 6.45) is 0. The van der Waals surface area contributed by atoms with E-state index in [9.17, 15) is 13.0 Å². The number of rotatable bonds is 4. The second kappa shape index (κ2) is 6.06. The molecule has 0 radical (unpaired) electrons. The monoisotopic (exact) mass is 280 g/mol. The van der Waals surface area contributed by atoms with E-state index < -0.39 is 16.0 Å². The van der Waals surface area contributed by atoms with Crippen LogP contribution < -0.4 is 0 Å². The highest BCUT2D eigenvalue weighted by molar-refractivity contribution is 7.84. The second-order valence-electron chi connectivity index (χ2n) is 4.28. The van der Waals surface area contributed by atoms with Crippen molar-refractivity contribution in [1.29, 1.82) is 0 Å². The van der Waals surface area contributed by atoms with E-state index >= 15 is 0 Å². The van der Waals surface area contributed by atoms with E-state index in [-0.39, 0.29) is 17.4 Å². The Kier molecular flexibility index (Phi) is 4.43. The van der Waals surface area contributed by atoms with Crippen molar-refractivity contribution in [2.24, 2.45) is 0 Å². The lowest BCUT2D eigenvalue weighted by molar-refractivity contribution is 0.604. The number of hydrogen-bond acceptors (Lipinski definition) is 1. The number of halogens is 2. The minimum Gasteiger partial charge on any atom is -0.259 e. The molecule has 2 aromatic rings. The standard InChI is InChI=1S/C15H14F2OS/c1-11(13-7-3-5-9-15(13)17)19(18)10-12-6-2-4-8-14(12)16/h2-9,11H,10H2,1H3/t11-,19-/m1/s1. The average molecular weight is 280 g/mol. The Bertz CT molecular complexity index is 598. The smallest absolute Gasteiger partial charge is 0.127 e. The first-order valence-electron chi connectivity index (χ1n) is 5.94. The summed E-state index contributed by atoms with van der Waals surface area (Å²) in [6.45, 7) is 1.69.